The first-order valence-electron chi connectivity index (χ1n) is 6.13. The van der Waals surface area contributed by atoms with E-state index in [0.717, 1.165) is 25.7 Å². The molecule has 0 aliphatic heterocycles. The van der Waals surface area contributed by atoms with Crippen LogP contribution in [0.3, 0.4) is 0 Å². The standard InChI is InChI=1S/C13H23NO4/c1-13(2,3)18-12(16)14-17-11-9-7-5-4-6-8-10-15/h15H,4-5,7,9-11H2,1-3H3,(H,14,16). The minimum atomic E-state index is -0.573. The van der Waals surface area contributed by atoms with Crippen molar-refractivity contribution in [2.75, 3.05) is 13.2 Å². The quantitative estimate of drug-likeness (QED) is 0.434. The summed E-state index contributed by atoms with van der Waals surface area (Å²) in [7, 11) is 0. The van der Waals surface area contributed by atoms with E-state index in [1.54, 1.807) is 20.8 Å². The maximum absolute atomic E-state index is 11.2. The number of nitrogens with one attached hydrogen (secondary N) is 1. The highest BCUT2D eigenvalue weighted by molar-refractivity contribution is 5.66. The molecule has 2 N–H and O–H groups in total. The molecule has 0 saturated heterocycles. The van der Waals surface area contributed by atoms with Gasteiger partial charge in [0.2, 0.25) is 0 Å². The third-order valence-corrected chi connectivity index (χ3v) is 1.81. The van der Waals surface area contributed by atoms with Gasteiger partial charge in [-0.2, -0.15) is 5.48 Å². The number of hydrogen-bond donors (Lipinski definition) is 2. The van der Waals surface area contributed by atoms with Crippen molar-refractivity contribution in [1.29, 1.82) is 0 Å². The molecule has 0 aromatic heterocycles. The van der Waals surface area contributed by atoms with Crippen molar-refractivity contribution < 1.29 is 19.5 Å². The third-order valence-electron chi connectivity index (χ3n) is 1.81. The lowest BCUT2D eigenvalue weighted by Gasteiger charge is -2.19. The lowest BCUT2D eigenvalue weighted by molar-refractivity contribution is -0.00856. The van der Waals surface area contributed by atoms with Crippen LogP contribution in [-0.4, -0.2) is 30.0 Å². The number of amides is 1. The Morgan fingerprint density at radius 3 is 2.56 bits per heavy atom. The monoisotopic (exact) mass is 257 g/mol. The number of carbonyl (C=O) groups is 1. The Hall–Kier alpha value is -1.25. The van der Waals surface area contributed by atoms with Crippen LogP contribution < -0.4 is 5.48 Å². The summed E-state index contributed by atoms with van der Waals surface area (Å²) in [6.45, 7) is 5.75. The van der Waals surface area contributed by atoms with E-state index in [4.69, 9.17) is 14.7 Å². The zero-order valence-corrected chi connectivity index (χ0v) is 11.4. The van der Waals surface area contributed by atoms with Gasteiger partial charge in [-0.1, -0.05) is 12.3 Å². The van der Waals surface area contributed by atoms with Crippen molar-refractivity contribution in [3.63, 3.8) is 0 Å². The number of unbranched alkanes of at least 4 members (excludes halogenated alkanes) is 3. The Bertz CT molecular complexity index is 286. The summed E-state index contributed by atoms with van der Waals surface area (Å²) in [5.41, 5.74) is 1.71. The smallest absolute Gasteiger partial charge is 0.431 e. The molecule has 0 heterocycles. The Morgan fingerprint density at radius 1 is 1.22 bits per heavy atom. The summed E-state index contributed by atoms with van der Waals surface area (Å²) in [4.78, 5) is 16.1. The van der Waals surface area contributed by atoms with Gasteiger partial charge in [0.05, 0.1) is 6.61 Å². The lowest BCUT2D eigenvalue weighted by Crippen LogP contribution is -2.32. The van der Waals surface area contributed by atoms with Crippen molar-refractivity contribution in [2.24, 2.45) is 0 Å². The number of aliphatic hydroxyl groups is 1. The van der Waals surface area contributed by atoms with Crippen molar-refractivity contribution in [3.05, 3.63) is 0 Å². The molecule has 0 aromatic rings. The maximum atomic E-state index is 11.2. The molecular weight excluding hydrogens is 234 g/mol. The highest BCUT2D eigenvalue weighted by Gasteiger charge is 2.15. The molecular formula is C13H23NO4. The highest BCUT2D eigenvalue weighted by Crippen LogP contribution is 2.06. The average molecular weight is 257 g/mol. The summed E-state index contributed by atoms with van der Waals surface area (Å²) < 4.78 is 4.99. The largest absolute Gasteiger partial charge is 0.442 e. The summed E-state index contributed by atoms with van der Waals surface area (Å²) in [5.74, 6) is 5.43. The minimum Gasteiger partial charge on any atom is -0.442 e. The SMILES string of the molecule is CC(C)(C)OC(=O)NOCCCCCC#CCO. The van der Waals surface area contributed by atoms with Gasteiger partial charge in [0.1, 0.15) is 12.2 Å². The van der Waals surface area contributed by atoms with E-state index in [1.165, 1.54) is 0 Å². The molecule has 0 saturated carbocycles. The predicted octanol–water partition coefficient (Wildman–Crippen LogP) is 2.00. The van der Waals surface area contributed by atoms with E-state index >= 15 is 0 Å². The second-order valence-electron chi connectivity index (χ2n) is 4.77. The van der Waals surface area contributed by atoms with E-state index in [2.05, 4.69) is 17.3 Å². The van der Waals surface area contributed by atoms with Crippen molar-refractivity contribution in [1.82, 2.24) is 5.48 Å². The number of aliphatic hydroxyl groups excluding tert-OH is 1. The van der Waals surface area contributed by atoms with Crippen LogP contribution in [0.1, 0.15) is 46.5 Å². The second kappa shape index (κ2) is 9.75. The summed E-state index contributed by atoms with van der Waals surface area (Å²) >= 11 is 0. The molecule has 0 spiro atoms. The summed E-state index contributed by atoms with van der Waals surface area (Å²) in [5, 5.41) is 8.43. The first-order chi connectivity index (χ1) is 8.45. The third kappa shape index (κ3) is 12.8. The molecule has 0 unspecified atom stereocenters. The number of hydroxylamine groups is 1. The number of ether oxygens (including phenoxy) is 1. The lowest BCUT2D eigenvalue weighted by atomic mass is 10.2. The fourth-order valence-corrected chi connectivity index (χ4v) is 1.12. The van der Waals surface area contributed by atoms with Gasteiger partial charge in [-0.05, 0) is 33.6 Å². The van der Waals surface area contributed by atoms with E-state index in [9.17, 15) is 4.79 Å². The fraction of sp³-hybridized carbons (Fsp3) is 0.769. The van der Waals surface area contributed by atoms with Gasteiger partial charge in [-0.15, -0.1) is 5.92 Å². The molecule has 0 bridgehead atoms. The normalized spacial score (nSPS) is 10.4. The fourth-order valence-electron chi connectivity index (χ4n) is 1.12. The van der Waals surface area contributed by atoms with Crippen molar-refractivity contribution >= 4 is 6.09 Å². The van der Waals surface area contributed by atoms with Gasteiger partial charge >= 0.3 is 6.09 Å². The van der Waals surface area contributed by atoms with Crippen molar-refractivity contribution in [2.45, 2.75) is 52.1 Å². The minimum absolute atomic E-state index is 0.0804. The Kier molecular flexibility index (Phi) is 9.07. The summed E-state index contributed by atoms with van der Waals surface area (Å²) in [6.07, 6.45) is 2.98. The molecule has 0 atom stereocenters. The van der Waals surface area contributed by atoms with Gasteiger partial charge in [0.25, 0.3) is 0 Å². The number of rotatable bonds is 6. The number of carbonyl (C=O) groups excluding carboxylic acids is 1. The van der Waals surface area contributed by atoms with Crippen LogP contribution in [0.2, 0.25) is 0 Å². The molecule has 0 aliphatic carbocycles. The zero-order chi connectivity index (χ0) is 13.9. The molecule has 104 valence electrons. The molecule has 18 heavy (non-hydrogen) atoms. The van der Waals surface area contributed by atoms with E-state index in [-0.39, 0.29) is 6.61 Å². The van der Waals surface area contributed by atoms with Gasteiger partial charge in [-0.25, -0.2) is 4.79 Å². The van der Waals surface area contributed by atoms with Crippen LogP contribution in [-0.2, 0) is 9.57 Å². The van der Waals surface area contributed by atoms with Crippen LogP contribution in [0.4, 0.5) is 4.79 Å². The topological polar surface area (TPSA) is 67.8 Å². The van der Waals surface area contributed by atoms with E-state index in [0.29, 0.717) is 6.61 Å². The van der Waals surface area contributed by atoms with Crippen molar-refractivity contribution in [3.8, 4) is 11.8 Å². The first-order valence-corrected chi connectivity index (χ1v) is 6.13. The van der Waals surface area contributed by atoms with Gasteiger partial charge in [-0.3, -0.25) is 4.84 Å². The van der Waals surface area contributed by atoms with Gasteiger partial charge < -0.3 is 9.84 Å². The predicted molar refractivity (Wildman–Crippen MR) is 68.7 cm³/mol. The van der Waals surface area contributed by atoms with Crippen LogP contribution in [0.25, 0.3) is 0 Å². The second-order valence-corrected chi connectivity index (χ2v) is 4.77. The van der Waals surface area contributed by atoms with Crippen LogP contribution >= 0.6 is 0 Å². The maximum Gasteiger partial charge on any atom is 0.431 e. The highest BCUT2D eigenvalue weighted by atomic mass is 16.7. The van der Waals surface area contributed by atoms with Crippen LogP contribution in [0.5, 0.6) is 0 Å². The van der Waals surface area contributed by atoms with Gasteiger partial charge in [0, 0.05) is 6.42 Å². The summed E-state index contributed by atoms with van der Waals surface area (Å²) in [6, 6.07) is 0. The molecule has 0 fully saturated rings. The van der Waals surface area contributed by atoms with E-state index in [1.807, 2.05) is 0 Å². The Labute approximate surface area is 109 Å². The zero-order valence-electron chi connectivity index (χ0n) is 11.4. The molecule has 0 aromatic carbocycles. The molecule has 0 aliphatic rings. The van der Waals surface area contributed by atoms with Crippen LogP contribution in [0.15, 0.2) is 0 Å². The number of hydrogen-bond acceptors (Lipinski definition) is 4. The Morgan fingerprint density at radius 2 is 1.94 bits per heavy atom. The molecule has 0 radical (unpaired) electrons. The Balaban J connectivity index is 3.33. The molecule has 1 amide bonds. The molecule has 5 heteroatoms. The van der Waals surface area contributed by atoms with E-state index < -0.39 is 11.7 Å². The molecule has 5 nitrogen and oxygen atoms in total. The first kappa shape index (κ1) is 16.8. The molecule has 0 rings (SSSR count). The van der Waals surface area contributed by atoms with Gasteiger partial charge in [0.15, 0.2) is 0 Å². The van der Waals surface area contributed by atoms with Crippen LogP contribution in [0, 0.1) is 11.8 Å². The average Bonchev–Trinajstić information content (AvgIpc) is 2.24.